The maximum absolute atomic E-state index is 12.3. The van der Waals surface area contributed by atoms with Gasteiger partial charge < -0.3 is 15.0 Å². The van der Waals surface area contributed by atoms with Crippen molar-refractivity contribution in [3.63, 3.8) is 0 Å². The number of benzene rings is 1. The fourth-order valence-corrected chi connectivity index (χ4v) is 2.97. The van der Waals surface area contributed by atoms with E-state index in [1.54, 1.807) is 30.9 Å². The van der Waals surface area contributed by atoms with E-state index < -0.39 is 12.1 Å². The van der Waals surface area contributed by atoms with Crippen LogP contribution in [0.3, 0.4) is 0 Å². The van der Waals surface area contributed by atoms with E-state index in [1.165, 1.54) is 6.92 Å². The molecule has 0 fully saturated rings. The van der Waals surface area contributed by atoms with Crippen molar-refractivity contribution in [2.24, 2.45) is 0 Å². The third-order valence-corrected chi connectivity index (χ3v) is 4.29. The topological polar surface area (TPSA) is 82.4 Å². The zero-order valence-corrected chi connectivity index (χ0v) is 18.7. The number of hydrogen-bond donors (Lipinski definition) is 1. The van der Waals surface area contributed by atoms with Crippen molar-refractivity contribution in [3.8, 4) is 6.07 Å². The second-order valence-electron chi connectivity index (χ2n) is 7.57. The van der Waals surface area contributed by atoms with E-state index in [0.29, 0.717) is 16.8 Å². The number of carbonyl (C=O) groups excluding carboxylic acids is 2. The lowest BCUT2D eigenvalue weighted by atomic mass is 9.97. The first-order valence-corrected chi connectivity index (χ1v) is 9.85. The molecule has 1 atom stereocenters. The molecule has 0 aliphatic rings. The lowest BCUT2D eigenvalue weighted by Crippen LogP contribution is -2.37. The van der Waals surface area contributed by atoms with Crippen LogP contribution in [0.15, 0.2) is 49.1 Å². The first kappa shape index (κ1) is 24.7. The molecule has 0 saturated carbocycles. The number of rotatable bonds is 8. The minimum Gasteiger partial charge on any atom is -0.447 e. The van der Waals surface area contributed by atoms with Gasteiger partial charge in [-0.1, -0.05) is 25.3 Å². The molecular formula is C24H31N3O3. The SMILES string of the molecule is C=C(C#N)/C=C\C(=C)c1ccc(N(C(C)=O)C(C)C)c([C@@H](C)NC(=O)OC(C)C)c1. The van der Waals surface area contributed by atoms with Crippen LogP contribution in [0.1, 0.15) is 58.7 Å². The molecule has 0 aromatic heterocycles. The Morgan fingerprint density at radius 1 is 1.17 bits per heavy atom. The van der Waals surface area contributed by atoms with Gasteiger partial charge in [0.2, 0.25) is 5.91 Å². The summed E-state index contributed by atoms with van der Waals surface area (Å²) in [6.45, 7) is 18.4. The Labute approximate surface area is 179 Å². The normalized spacial score (nSPS) is 11.8. The van der Waals surface area contributed by atoms with Crippen LogP contribution < -0.4 is 10.2 Å². The van der Waals surface area contributed by atoms with E-state index in [-0.39, 0.29) is 18.1 Å². The van der Waals surface area contributed by atoms with Crippen LogP contribution in [0.5, 0.6) is 0 Å². The predicted molar refractivity (Wildman–Crippen MR) is 121 cm³/mol. The number of hydrogen-bond acceptors (Lipinski definition) is 4. The zero-order valence-electron chi connectivity index (χ0n) is 18.7. The van der Waals surface area contributed by atoms with Crippen molar-refractivity contribution in [2.45, 2.75) is 59.7 Å². The summed E-state index contributed by atoms with van der Waals surface area (Å²) in [6.07, 6.45) is 2.52. The molecule has 0 aliphatic heterocycles. The molecule has 0 saturated heterocycles. The Morgan fingerprint density at radius 2 is 1.80 bits per heavy atom. The summed E-state index contributed by atoms with van der Waals surface area (Å²) in [4.78, 5) is 26.1. The minimum absolute atomic E-state index is 0.0658. The molecule has 0 bridgehead atoms. The number of allylic oxidation sites excluding steroid dienone is 4. The zero-order chi connectivity index (χ0) is 23.0. The maximum atomic E-state index is 12.3. The van der Waals surface area contributed by atoms with Crippen molar-refractivity contribution in [3.05, 3.63) is 60.2 Å². The van der Waals surface area contributed by atoms with E-state index >= 15 is 0 Å². The van der Waals surface area contributed by atoms with Crippen LogP contribution in [0, 0.1) is 11.3 Å². The second-order valence-corrected chi connectivity index (χ2v) is 7.57. The number of ether oxygens (including phenoxy) is 1. The highest BCUT2D eigenvalue weighted by molar-refractivity contribution is 5.93. The number of anilines is 1. The number of carbonyl (C=O) groups is 2. The van der Waals surface area contributed by atoms with Gasteiger partial charge in [0.15, 0.2) is 0 Å². The van der Waals surface area contributed by atoms with Gasteiger partial charge in [-0.15, -0.1) is 0 Å². The van der Waals surface area contributed by atoms with E-state index in [9.17, 15) is 9.59 Å². The molecule has 6 heteroatoms. The molecule has 0 unspecified atom stereocenters. The van der Waals surface area contributed by atoms with Crippen LogP contribution in [0.25, 0.3) is 5.57 Å². The molecule has 1 aromatic carbocycles. The molecule has 2 amide bonds. The van der Waals surface area contributed by atoms with E-state index in [1.807, 2.05) is 45.0 Å². The van der Waals surface area contributed by atoms with Crippen LogP contribution in [-0.4, -0.2) is 24.1 Å². The molecule has 0 spiro atoms. The molecule has 160 valence electrons. The smallest absolute Gasteiger partial charge is 0.407 e. The summed E-state index contributed by atoms with van der Waals surface area (Å²) < 4.78 is 5.19. The fourth-order valence-electron chi connectivity index (χ4n) is 2.97. The average molecular weight is 410 g/mol. The third kappa shape index (κ3) is 6.93. The molecule has 1 rings (SSSR count). The average Bonchev–Trinajstić information content (AvgIpc) is 2.64. The number of nitrogens with one attached hydrogen (secondary N) is 1. The lowest BCUT2D eigenvalue weighted by molar-refractivity contribution is -0.116. The van der Waals surface area contributed by atoms with Gasteiger partial charge >= 0.3 is 6.09 Å². The number of nitrogens with zero attached hydrogens (tertiary/aromatic N) is 2. The second kappa shape index (κ2) is 11.0. The van der Waals surface area contributed by atoms with Gasteiger partial charge in [0.25, 0.3) is 0 Å². The van der Waals surface area contributed by atoms with Crippen LogP contribution in [-0.2, 0) is 9.53 Å². The maximum Gasteiger partial charge on any atom is 0.407 e. The van der Waals surface area contributed by atoms with Gasteiger partial charge in [0, 0.05) is 24.2 Å². The summed E-state index contributed by atoms with van der Waals surface area (Å²) in [5.41, 5.74) is 3.26. The highest BCUT2D eigenvalue weighted by Crippen LogP contribution is 2.31. The lowest BCUT2D eigenvalue weighted by Gasteiger charge is -2.30. The minimum atomic E-state index is -0.531. The first-order chi connectivity index (χ1) is 14.0. The summed E-state index contributed by atoms with van der Waals surface area (Å²) in [6, 6.07) is 7.06. The number of amides is 2. The number of nitriles is 1. The summed E-state index contributed by atoms with van der Waals surface area (Å²) in [5, 5.41) is 11.7. The standard InChI is InChI=1S/C24H31N3O3/c1-15(2)27(20(8)28)23-12-11-21(18(6)10-9-17(5)14-25)13-22(23)19(7)26-24(29)30-16(3)4/h9-13,15-16,19H,5-6H2,1-4,7-8H3,(H,26,29)/b10-9-/t19-/m1/s1. The summed E-state index contributed by atoms with van der Waals surface area (Å²) in [5.74, 6) is -0.0972. The molecule has 1 N–H and O–H groups in total. The Kier molecular flexibility index (Phi) is 9.07. The van der Waals surface area contributed by atoms with Gasteiger partial charge in [-0.2, -0.15) is 5.26 Å². The fraction of sp³-hybridized carbons (Fsp3) is 0.375. The van der Waals surface area contributed by atoms with Crippen molar-refractivity contribution in [1.29, 1.82) is 5.26 Å². The monoisotopic (exact) mass is 409 g/mol. The van der Waals surface area contributed by atoms with Gasteiger partial charge in [0.1, 0.15) is 0 Å². The molecule has 0 aliphatic carbocycles. The Hall–Kier alpha value is -3.33. The highest BCUT2D eigenvalue weighted by atomic mass is 16.6. The predicted octanol–water partition coefficient (Wildman–Crippen LogP) is 5.29. The van der Waals surface area contributed by atoms with Crippen LogP contribution in [0.4, 0.5) is 10.5 Å². The van der Waals surface area contributed by atoms with Crippen LogP contribution in [0.2, 0.25) is 0 Å². The highest BCUT2D eigenvalue weighted by Gasteiger charge is 2.23. The van der Waals surface area contributed by atoms with Crippen molar-refractivity contribution < 1.29 is 14.3 Å². The van der Waals surface area contributed by atoms with Crippen molar-refractivity contribution >= 4 is 23.3 Å². The van der Waals surface area contributed by atoms with Gasteiger partial charge in [0.05, 0.1) is 18.2 Å². The Morgan fingerprint density at radius 3 is 2.30 bits per heavy atom. The van der Waals surface area contributed by atoms with Gasteiger partial charge in [-0.05, 0) is 69.5 Å². The summed E-state index contributed by atoms with van der Waals surface area (Å²) >= 11 is 0. The Bertz CT molecular complexity index is 891. The molecule has 6 nitrogen and oxygen atoms in total. The third-order valence-electron chi connectivity index (χ3n) is 4.29. The number of alkyl carbamates (subject to hydrolysis) is 1. The van der Waals surface area contributed by atoms with Gasteiger partial charge in [-0.25, -0.2) is 4.79 Å². The Balaban J connectivity index is 3.42. The van der Waals surface area contributed by atoms with Gasteiger partial charge in [-0.3, -0.25) is 4.79 Å². The first-order valence-electron chi connectivity index (χ1n) is 9.85. The van der Waals surface area contributed by atoms with Crippen molar-refractivity contribution in [1.82, 2.24) is 5.32 Å². The molecule has 1 aromatic rings. The molecular weight excluding hydrogens is 378 g/mol. The van der Waals surface area contributed by atoms with E-state index in [0.717, 1.165) is 11.1 Å². The van der Waals surface area contributed by atoms with Crippen LogP contribution >= 0.6 is 0 Å². The quantitative estimate of drug-likeness (QED) is 0.467. The molecule has 0 radical (unpaired) electrons. The van der Waals surface area contributed by atoms with Crippen molar-refractivity contribution in [2.75, 3.05) is 4.90 Å². The molecule has 30 heavy (non-hydrogen) atoms. The summed E-state index contributed by atoms with van der Waals surface area (Å²) in [7, 11) is 0. The molecule has 0 heterocycles. The largest absolute Gasteiger partial charge is 0.447 e. The van der Waals surface area contributed by atoms with E-state index in [4.69, 9.17) is 10.00 Å². The van der Waals surface area contributed by atoms with E-state index in [2.05, 4.69) is 18.5 Å².